The maximum Gasteiger partial charge on any atom is 0.261 e. The van der Waals surface area contributed by atoms with E-state index in [9.17, 15) is 8.42 Å². The van der Waals surface area contributed by atoms with E-state index in [1.54, 1.807) is 43.3 Å². The van der Waals surface area contributed by atoms with Crippen LogP contribution in [-0.2, 0) is 10.0 Å². The van der Waals surface area contributed by atoms with E-state index < -0.39 is 10.0 Å². The maximum atomic E-state index is 12.6. The van der Waals surface area contributed by atoms with Crippen molar-refractivity contribution in [2.24, 2.45) is 0 Å². The summed E-state index contributed by atoms with van der Waals surface area (Å²) in [4.78, 5) is 4.38. The monoisotopic (exact) mass is 421 g/mol. The van der Waals surface area contributed by atoms with E-state index in [-0.39, 0.29) is 4.90 Å². The molecule has 0 spiro atoms. The first-order valence-corrected chi connectivity index (χ1v) is 9.74. The van der Waals surface area contributed by atoms with Crippen LogP contribution in [0.3, 0.4) is 0 Å². The van der Waals surface area contributed by atoms with E-state index in [1.807, 2.05) is 13.8 Å². The molecule has 1 aromatic heterocycles. The van der Waals surface area contributed by atoms with Gasteiger partial charge >= 0.3 is 0 Å². The molecule has 0 radical (unpaired) electrons. The number of hydrogen-bond donors (Lipinski definition) is 1. The molecule has 0 aliphatic carbocycles. The highest BCUT2D eigenvalue weighted by Crippen LogP contribution is 2.27. The largest absolute Gasteiger partial charge is 0.334 e. The highest BCUT2D eigenvalue weighted by atomic mass is 79.9. The summed E-state index contributed by atoms with van der Waals surface area (Å²) in [5.41, 5.74) is 2.84. The van der Waals surface area contributed by atoms with Crippen molar-refractivity contribution in [2.75, 3.05) is 4.72 Å². The zero-order valence-electron chi connectivity index (χ0n) is 13.9. The molecular formula is C17H16BrN3O3S. The fraction of sp³-hybridized carbons (Fsp3) is 0.176. The third kappa shape index (κ3) is 3.74. The quantitative estimate of drug-likeness (QED) is 0.681. The van der Waals surface area contributed by atoms with Crippen molar-refractivity contribution in [1.82, 2.24) is 10.1 Å². The number of aromatic nitrogens is 2. The van der Waals surface area contributed by atoms with Crippen molar-refractivity contribution in [1.29, 1.82) is 0 Å². The summed E-state index contributed by atoms with van der Waals surface area (Å²) in [6.07, 6.45) is 0. The van der Waals surface area contributed by atoms with Crippen molar-refractivity contribution < 1.29 is 12.9 Å². The second kappa shape index (κ2) is 6.61. The molecule has 2 aromatic carbocycles. The molecule has 8 heteroatoms. The summed E-state index contributed by atoms with van der Waals surface area (Å²) in [5, 5.41) is 3.76. The first-order valence-electron chi connectivity index (χ1n) is 7.46. The molecule has 1 N–H and O–H groups in total. The zero-order valence-corrected chi connectivity index (χ0v) is 16.3. The minimum atomic E-state index is -3.67. The first-order chi connectivity index (χ1) is 11.8. The summed E-state index contributed by atoms with van der Waals surface area (Å²) < 4.78 is 33.8. The van der Waals surface area contributed by atoms with E-state index in [2.05, 4.69) is 30.8 Å². The van der Waals surface area contributed by atoms with Crippen molar-refractivity contribution in [3.63, 3.8) is 0 Å². The van der Waals surface area contributed by atoms with Crippen molar-refractivity contribution in [3.05, 3.63) is 57.8 Å². The van der Waals surface area contributed by atoms with E-state index in [0.717, 1.165) is 21.2 Å². The molecular weight excluding hydrogens is 406 g/mol. The standard InChI is InChI=1S/C17H16BrN3O3S/c1-10-9-14(5-6-15(10)18)25(22,23)21-16-7-4-13(8-11(16)2)17-19-12(3)20-24-17/h4-9,21H,1-3H3. The van der Waals surface area contributed by atoms with Crippen LogP contribution in [-0.4, -0.2) is 18.6 Å². The van der Waals surface area contributed by atoms with Gasteiger partial charge in [-0.1, -0.05) is 21.1 Å². The van der Waals surface area contributed by atoms with Crippen LogP contribution in [0.5, 0.6) is 0 Å². The van der Waals surface area contributed by atoms with Crippen LogP contribution in [0.1, 0.15) is 17.0 Å². The lowest BCUT2D eigenvalue weighted by Crippen LogP contribution is -2.14. The lowest BCUT2D eigenvalue weighted by Gasteiger charge is -2.12. The summed E-state index contributed by atoms with van der Waals surface area (Å²) in [6.45, 7) is 5.40. The Balaban J connectivity index is 1.90. The molecule has 0 bridgehead atoms. The number of sulfonamides is 1. The van der Waals surface area contributed by atoms with Gasteiger partial charge in [0.1, 0.15) is 0 Å². The van der Waals surface area contributed by atoms with E-state index >= 15 is 0 Å². The smallest absolute Gasteiger partial charge is 0.261 e. The number of hydrogen-bond acceptors (Lipinski definition) is 5. The number of halogens is 1. The molecule has 3 aromatic rings. The molecule has 0 aliphatic rings. The van der Waals surface area contributed by atoms with Gasteiger partial charge in [-0.2, -0.15) is 4.98 Å². The van der Waals surface area contributed by atoms with Crippen LogP contribution in [0.4, 0.5) is 5.69 Å². The van der Waals surface area contributed by atoms with Crippen molar-refractivity contribution >= 4 is 31.6 Å². The molecule has 0 amide bonds. The van der Waals surface area contributed by atoms with Crippen LogP contribution in [0.15, 0.2) is 50.3 Å². The van der Waals surface area contributed by atoms with Crippen molar-refractivity contribution in [3.8, 4) is 11.5 Å². The lowest BCUT2D eigenvalue weighted by atomic mass is 10.1. The number of nitrogens with one attached hydrogen (secondary N) is 1. The van der Waals surface area contributed by atoms with Gasteiger partial charge in [0.05, 0.1) is 10.6 Å². The molecule has 6 nitrogen and oxygen atoms in total. The Morgan fingerprint density at radius 2 is 1.80 bits per heavy atom. The Kier molecular flexibility index (Phi) is 4.66. The topological polar surface area (TPSA) is 85.1 Å². The lowest BCUT2D eigenvalue weighted by molar-refractivity contribution is 0.425. The number of benzene rings is 2. The molecule has 25 heavy (non-hydrogen) atoms. The maximum absolute atomic E-state index is 12.6. The minimum absolute atomic E-state index is 0.212. The number of anilines is 1. The average molecular weight is 422 g/mol. The summed E-state index contributed by atoms with van der Waals surface area (Å²) in [7, 11) is -3.67. The van der Waals surface area contributed by atoms with E-state index in [1.165, 1.54) is 0 Å². The van der Waals surface area contributed by atoms with Gasteiger partial charge < -0.3 is 4.52 Å². The Morgan fingerprint density at radius 1 is 1.04 bits per heavy atom. The molecule has 130 valence electrons. The number of aryl methyl sites for hydroxylation is 3. The molecule has 0 aliphatic heterocycles. The van der Waals surface area contributed by atoms with Gasteiger partial charge in [-0.05, 0) is 68.3 Å². The van der Waals surface area contributed by atoms with E-state index in [4.69, 9.17) is 4.52 Å². The van der Waals surface area contributed by atoms with Gasteiger partial charge in [0.25, 0.3) is 15.9 Å². The van der Waals surface area contributed by atoms with Gasteiger partial charge in [-0.3, -0.25) is 4.72 Å². The normalized spacial score (nSPS) is 11.5. The molecule has 0 atom stereocenters. The first kappa shape index (κ1) is 17.6. The van der Waals surface area contributed by atoms with Crippen LogP contribution < -0.4 is 4.72 Å². The Bertz CT molecular complexity index is 1050. The minimum Gasteiger partial charge on any atom is -0.334 e. The van der Waals surface area contributed by atoms with Gasteiger partial charge in [0, 0.05) is 10.0 Å². The van der Waals surface area contributed by atoms with Crippen LogP contribution in [0.2, 0.25) is 0 Å². The SMILES string of the molecule is Cc1noc(-c2ccc(NS(=O)(=O)c3ccc(Br)c(C)c3)c(C)c2)n1. The fourth-order valence-electron chi connectivity index (χ4n) is 2.31. The predicted molar refractivity (Wildman–Crippen MR) is 98.9 cm³/mol. The Morgan fingerprint density at radius 3 is 2.40 bits per heavy atom. The molecule has 0 unspecified atom stereocenters. The molecule has 0 saturated carbocycles. The third-order valence-electron chi connectivity index (χ3n) is 3.68. The Hall–Kier alpha value is -2.19. The highest BCUT2D eigenvalue weighted by Gasteiger charge is 2.17. The summed E-state index contributed by atoms with van der Waals surface area (Å²) >= 11 is 3.37. The van der Waals surface area contributed by atoms with Gasteiger partial charge in [-0.15, -0.1) is 0 Å². The predicted octanol–water partition coefficient (Wildman–Crippen LogP) is 4.23. The Labute approximate surface area is 154 Å². The van der Waals surface area contributed by atoms with E-state index in [0.29, 0.717) is 17.4 Å². The molecule has 1 heterocycles. The van der Waals surface area contributed by atoms with Gasteiger partial charge in [0.2, 0.25) is 0 Å². The molecule has 3 rings (SSSR count). The van der Waals surface area contributed by atoms with Crippen molar-refractivity contribution in [2.45, 2.75) is 25.7 Å². The second-order valence-corrected chi connectivity index (χ2v) is 8.23. The van der Waals surface area contributed by atoms with Crippen LogP contribution >= 0.6 is 15.9 Å². The summed E-state index contributed by atoms with van der Waals surface area (Å²) in [6, 6.07) is 10.1. The second-order valence-electron chi connectivity index (χ2n) is 5.69. The number of rotatable bonds is 4. The van der Waals surface area contributed by atoms with Crippen LogP contribution in [0, 0.1) is 20.8 Å². The molecule has 0 saturated heterocycles. The molecule has 0 fully saturated rings. The van der Waals surface area contributed by atoms with Gasteiger partial charge in [-0.25, -0.2) is 8.42 Å². The fourth-order valence-corrected chi connectivity index (χ4v) is 3.78. The van der Waals surface area contributed by atoms with Gasteiger partial charge in [0.15, 0.2) is 5.82 Å². The highest BCUT2D eigenvalue weighted by molar-refractivity contribution is 9.10. The van der Waals surface area contributed by atoms with Crippen LogP contribution in [0.25, 0.3) is 11.5 Å². The zero-order chi connectivity index (χ0) is 18.2. The average Bonchev–Trinajstić information content (AvgIpc) is 2.98. The number of nitrogens with zero attached hydrogens (tertiary/aromatic N) is 2. The third-order valence-corrected chi connectivity index (χ3v) is 5.94. The summed E-state index contributed by atoms with van der Waals surface area (Å²) in [5.74, 6) is 0.946.